The van der Waals surface area contributed by atoms with Gasteiger partial charge in [-0.25, -0.2) is 9.97 Å². The van der Waals surface area contributed by atoms with Crippen molar-refractivity contribution in [2.24, 2.45) is 0 Å². The molecule has 0 spiro atoms. The van der Waals surface area contributed by atoms with Crippen molar-refractivity contribution in [1.29, 1.82) is 0 Å². The number of fused-ring (bicyclic) bond motifs is 1. The third kappa shape index (κ3) is 2.13. The number of hydrogen-bond acceptors (Lipinski definition) is 5. The highest BCUT2D eigenvalue weighted by Crippen LogP contribution is 2.19. The number of nitrogen functional groups attached to an aromatic ring is 1. The Labute approximate surface area is 109 Å². The smallest absolute Gasteiger partial charge is 0.223 e. The Hall–Kier alpha value is -2.47. The van der Waals surface area contributed by atoms with Gasteiger partial charge < -0.3 is 10.8 Å². The minimum absolute atomic E-state index is 0.00968. The van der Waals surface area contributed by atoms with E-state index in [1.54, 1.807) is 0 Å². The van der Waals surface area contributed by atoms with Gasteiger partial charge in [0.15, 0.2) is 11.5 Å². The summed E-state index contributed by atoms with van der Waals surface area (Å²) in [6, 6.07) is 11.6. The Balaban J connectivity index is 2.13. The lowest BCUT2D eigenvalue weighted by Crippen LogP contribution is -2.03. The standard InChI is InChI=1S/C13H13N5O/c14-13-15-10(9-4-2-1-3-5-9)8-12-16-11(6-7-19)17-18(12)13/h1-5,8,19H,6-7H2,(H2,14,15). The molecule has 0 atom stereocenters. The zero-order valence-electron chi connectivity index (χ0n) is 10.2. The largest absolute Gasteiger partial charge is 0.396 e. The van der Waals surface area contributed by atoms with E-state index in [1.807, 2.05) is 36.4 Å². The third-order valence-electron chi connectivity index (χ3n) is 2.80. The summed E-state index contributed by atoms with van der Waals surface area (Å²) in [6.07, 6.45) is 0.405. The molecule has 0 saturated carbocycles. The maximum absolute atomic E-state index is 8.91. The summed E-state index contributed by atoms with van der Waals surface area (Å²) in [6.45, 7) is 0.00968. The molecule has 0 aliphatic carbocycles. The summed E-state index contributed by atoms with van der Waals surface area (Å²) < 4.78 is 1.48. The van der Waals surface area contributed by atoms with Crippen LogP contribution in [0.1, 0.15) is 5.82 Å². The molecule has 3 N–H and O–H groups in total. The van der Waals surface area contributed by atoms with Crippen LogP contribution in [-0.2, 0) is 6.42 Å². The molecule has 6 heteroatoms. The Bertz CT molecular complexity index is 708. The van der Waals surface area contributed by atoms with Crippen molar-refractivity contribution in [3.8, 4) is 11.3 Å². The minimum Gasteiger partial charge on any atom is -0.396 e. The van der Waals surface area contributed by atoms with E-state index < -0.39 is 0 Å². The highest BCUT2D eigenvalue weighted by molar-refractivity contribution is 5.65. The molecule has 19 heavy (non-hydrogen) atoms. The van der Waals surface area contributed by atoms with Crippen molar-refractivity contribution in [2.75, 3.05) is 12.3 Å². The summed E-state index contributed by atoms with van der Waals surface area (Å²) >= 11 is 0. The van der Waals surface area contributed by atoms with Crippen LogP contribution in [0.15, 0.2) is 36.4 Å². The zero-order chi connectivity index (χ0) is 13.2. The van der Waals surface area contributed by atoms with E-state index in [1.165, 1.54) is 4.52 Å². The molecule has 0 aliphatic heterocycles. The van der Waals surface area contributed by atoms with Crippen molar-refractivity contribution in [3.05, 3.63) is 42.2 Å². The molecule has 1 aromatic carbocycles. The molecule has 0 bridgehead atoms. The number of anilines is 1. The quantitative estimate of drug-likeness (QED) is 0.726. The predicted octanol–water partition coefficient (Wildman–Crippen LogP) is 0.908. The maximum Gasteiger partial charge on any atom is 0.223 e. The second-order valence-corrected chi connectivity index (χ2v) is 4.14. The van der Waals surface area contributed by atoms with Crippen LogP contribution in [0.2, 0.25) is 0 Å². The number of rotatable bonds is 3. The number of nitrogens with zero attached hydrogens (tertiary/aromatic N) is 4. The summed E-state index contributed by atoms with van der Waals surface area (Å²) in [5.74, 6) is 0.842. The number of hydrogen-bond donors (Lipinski definition) is 2. The maximum atomic E-state index is 8.91. The van der Waals surface area contributed by atoms with E-state index in [9.17, 15) is 0 Å². The fourth-order valence-corrected chi connectivity index (χ4v) is 1.92. The number of nitrogens with two attached hydrogens (primary N) is 1. The van der Waals surface area contributed by atoms with Gasteiger partial charge in [-0.3, -0.25) is 0 Å². The van der Waals surface area contributed by atoms with Crippen molar-refractivity contribution in [2.45, 2.75) is 6.42 Å². The lowest BCUT2D eigenvalue weighted by atomic mass is 10.1. The van der Waals surface area contributed by atoms with E-state index in [-0.39, 0.29) is 12.6 Å². The van der Waals surface area contributed by atoms with Crippen LogP contribution in [0, 0.1) is 0 Å². The van der Waals surface area contributed by atoms with Crippen LogP contribution in [0.25, 0.3) is 16.9 Å². The number of aliphatic hydroxyl groups is 1. The first-order chi connectivity index (χ1) is 9.28. The number of aliphatic hydroxyl groups excluding tert-OH is 1. The van der Waals surface area contributed by atoms with E-state index in [4.69, 9.17) is 10.8 Å². The lowest BCUT2D eigenvalue weighted by Gasteiger charge is -2.02. The average Bonchev–Trinajstić information content (AvgIpc) is 2.83. The molecule has 0 saturated heterocycles. The van der Waals surface area contributed by atoms with Gasteiger partial charge >= 0.3 is 0 Å². The van der Waals surface area contributed by atoms with Gasteiger partial charge in [0, 0.05) is 18.1 Å². The van der Waals surface area contributed by atoms with Crippen molar-refractivity contribution in [1.82, 2.24) is 19.6 Å². The zero-order valence-corrected chi connectivity index (χ0v) is 10.2. The number of benzene rings is 1. The van der Waals surface area contributed by atoms with Crippen LogP contribution in [0.3, 0.4) is 0 Å². The van der Waals surface area contributed by atoms with Crippen LogP contribution in [-0.4, -0.2) is 31.3 Å². The SMILES string of the molecule is Nc1nc(-c2ccccc2)cc2nc(CCO)nn12. The van der Waals surface area contributed by atoms with E-state index in [2.05, 4.69) is 15.1 Å². The normalized spacial score (nSPS) is 11.0. The first-order valence-corrected chi connectivity index (χ1v) is 5.96. The molecule has 0 aliphatic rings. The van der Waals surface area contributed by atoms with E-state index >= 15 is 0 Å². The Morgan fingerprint density at radius 3 is 2.68 bits per heavy atom. The molecule has 0 radical (unpaired) electrons. The average molecular weight is 255 g/mol. The van der Waals surface area contributed by atoms with Crippen LogP contribution in [0.4, 0.5) is 5.95 Å². The van der Waals surface area contributed by atoms with Crippen molar-refractivity contribution >= 4 is 11.6 Å². The Morgan fingerprint density at radius 2 is 1.95 bits per heavy atom. The fourth-order valence-electron chi connectivity index (χ4n) is 1.92. The molecular weight excluding hydrogens is 242 g/mol. The second kappa shape index (κ2) is 4.66. The van der Waals surface area contributed by atoms with E-state index in [0.717, 1.165) is 11.3 Å². The fraction of sp³-hybridized carbons (Fsp3) is 0.154. The van der Waals surface area contributed by atoms with Gasteiger partial charge in [0.2, 0.25) is 5.95 Å². The molecule has 96 valence electrons. The summed E-state index contributed by atoms with van der Waals surface area (Å²) in [5.41, 5.74) is 8.26. The summed E-state index contributed by atoms with van der Waals surface area (Å²) in [4.78, 5) is 8.64. The van der Waals surface area contributed by atoms with Gasteiger partial charge in [0.25, 0.3) is 0 Å². The van der Waals surface area contributed by atoms with E-state index in [0.29, 0.717) is 17.9 Å². The summed E-state index contributed by atoms with van der Waals surface area (Å²) in [7, 11) is 0. The van der Waals surface area contributed by atoms with Gasteiger partial charge in [0.1, 0.15) is 0 Å². The predicted molar refractivity (Wildman–Crippen MR) is 71.4 cm³/mol. The van der Waals surface area contributed by atoms with Crippen LogP contribution < -0.4 is 5.73 Å². The minimum atomic E-state index is 0.00968. The Kier molecular flexibility index (Phi) is 2.85. The third-order valence-corrected chi connectivity index (χ3v) is 2.80. The molecule has 0 amide bonds. The molecule has 0 unspecified atom stereocenters. The van der Waals surface area contributed by atoms with Gasteiger partial charge in [-0.15, -0.1) is 5.10 Å². The van der Waals surface area contributed by atoms with Gasteiger partial charge in [-0.05, 0) is 0 Å². The topological polar surface area (TPSA) is 89.3 Å². The van der Waals surface area contributed by atoms with Gasteiger partial charge in [-0.2, -0.15) is 4.52 Å². The number of aromatic nitrogens is 4. The van der Waals surface area contributed by atoms with Crippen LogP contribution >= 0.6 is 0 Å². The highest BCUT2D eigenvalue weighted by Gasteiger charge is 2.09. The monoisotopic (exact) mass is 255 g/mol. The lowest BCUT2D eigenvalue weighted by molar-refractivity contribution is 0.296. The Morgan fingerprint density at radius 1 is 1.16 bits per heavy atom. The molecule has 2 aromatic heterocycles. The van der Waals surface area contributed by atoms with Gasteiger partial charge in [-0.1, -0.05) is 30.3 Å². The molecule has 3 rings (SSSR count). The molecule has 6 nitrogen and oxygen atoms in total. The molecule has 0 fully saturated rings. The second-order valence-electron chi connectivity index (χ2n) is 4.14. The van der Waals surface area contributed by atoms with Crippen molar-refractivity contribution < 1.29 is 5.11 Å². The highest BCUT2D eigenvalue weighted by atomic mass is 16.3. The van der Waals surface area contributed by atoms with Crippen LogP contribution in [0.5, 0.6) is 0 Å². The molecule has 3 aromatic rings. The van der Waals surface area contributed by atoms with Crippen molar-refractivity contribution in [3.63, 3.8) is 0 Å². The first-order valence-electron chi connectivity index (χ1n) is 5.96. The van der Waals surface area contributed by atoms with Gasteiger partial charge in [0.05, 0.1) is 12.3 Å². The summed E-state index contributed by atoms with van der Waals surface area (Å²) in [5, 5.41) is 13.1. The molecular formula is C13H13N5O. The molecule has 2 heterocycles. The first kappa shape index (κ1) is 11.6.